The van der Waals surface area contributed by atoms with Crippen molar-refractivity contribution in [3.05, 3.63) is 82.4 Å². The van der Waals surface area contributed by atoms with Gasteiger partial charge in [0.05, 0.1) is 36.0 Å². The van der Waals surface area contributed by atoms with E-state index in [0.29, 0.717) is 42.8 Å². The Kier molecular flexibility index (Phi) is 16.9. The molecular weight excluding hydrogens is 885 g/mol. The summed E-state index contributed by atoms with van der Waals surface area (Å²) in [6.45, 7) is 11.0. The van der Waals surface area contributed by atoms with Gasteiger partial charge in [-0.2, -0.15) is 0 Å². The number of amides is 6. The quantitative estimate of drug-likeness (QED) is 0.0428. The molecule has 3 aliphatic rings. The molecule has 4 N–H and O–H groups in total. The van der Waals surface area contributed by atoms with Crippen molar-refractivity contribution in [1.82, 2.24) is 10.2 Å². The number of unbranched alkanes of at least 4 members (excludes halogenated alkanes) is 2. The molecule has 19 heteroatoms. The van der Waals surface area contributed by atoms with Crippen molar-refractivity contribution in [2.24, 2.45) is 5.92 Å². The van der Waals surface area contributed by atoms with Gasteiger partial charge in [0, 0.05) is 57.3 Å². The summed E-state index contributed by atoms with van der Waals surface area (Å²) in [6.07, 6.45) is 2.60. The van der Waals surface area contributed by atoms with Crippen LogP contribution in [0, 0.1) is 5.92 Å². The van der Waals surface area contributed by atoms with Crippen LogP contribution < -0.4 is 25.6 Å². The number of anilines is 3. The van der Waals surface area contributed by atoms with Crippen LogP contribution in [-0.2, 0) is 44.5 Å². The first kappa shape index (κ1) is 50.5. The zero-order chi connectivity index (χ0) is 47.8. The lowest BCUT2D eigenvalue weighted by Crippen LogP contribution is -2.63. The second kappa shape index (κ2) is 21.7. The van der Waals surface area contributed by atoms with E-state index in [1.807, 2.05) is 13.0 Å². The summed E-state index contributed by atoms with van der Waals surface area (Å²) in [5, 5.41) is 19.4. The van der Waals surface area contributed by atoms with Crippen LogP contribution >= 0.6 is 23.2 Å². The number of benzene rings is 2. The highest BCUT2D eigenvalue weighted by molar-refractivity contribution is 6.35. The van der Waals surface area contributed by atoms with Crippen molar-refractivity contribution >= 4 is 76.1 Å². The molecule has 0 aromatic heterocycles. The van der Waals surface area contributed by atoms with Crippen LogP contribution in [0.15, 0.2) is 66.8 Å². The maximum atomic E-state index is 14.3. The lowest BCUT2D eigenvalue weighted by Gasteiger charge is -2.41. The number of epoxide rings is 1. The number of carbonyl (C=O) groups is 6. The average Bonchev–Trinajstić information content (AvgIpc) is 3.85. The van der Waals surface area contributed by atoms with Crippen molar-refractivity contribution < 1.29 is 57.6 Å². The third-order valence-corrected chi connectivity index (χ3v) is 12.6. The Balaban J connectivity index is 1.29. The van der Waals surface area contributed by atoms with E-state index < -0.39 is 59.8 Å². The summed E-state index contributed by atoms with van der Waals surface area (Å²) in [5.41, 5.74) is -0.336. The van der Waals surface area contributed by atoms with Crippen LogP contribution in [0.25, 0.3) is 0 Å². The summed E-state index contributed by atoms with van der Waals surface area (Å²) in [5.74, 6) is -1.67. The van der Waals surface area contributed by atoms with E-state index in [0.717, 1.165) is 16.0 Å². The third kappa shape index (κ3) is 12.5. The van der Waals surface area contributed by atoms with E-state index in [4.69, 9.17) is 46.9 Å². The van der Waals surface area contributed by atoms with Crippen LogP contribution in [0.5, 0.6) is 5.75 Å². The highest BCUT2D eigenvalue weighted by Gasteiger charge is 2.64. The lowest BCUT2D eigenvalue weighted by molar-refractivity contribution is -0.151. The van der Waals surface area contributed by atoms with E-state index in [1.54, 1.807) is 52.1 Å². The topological polar surface area (TPSA) is 215 Å². The molecule has 352 valence electrons. The maximum absolute atomic E-state index is 14.3. The Morgan fingerprint density at radius 3 is 2.43 bits per heavy atom. The zero-order valence-electron chi connectivity index (χ0n) is 37.5. The fourth-order valence-electron chi connectivity index (χ4n) is 7.90. The van der Waals surface area contributed by atoms with Crippen LogP contribution in [0.3, 0.4) is 0 Å². The minimum atomic E-state index is -1.74. The Bertz CT molecular complexity index is 2220. The average molecular weight is 943 g/mol. The molecule has 6 amide bonds. The van der Waals surface area contributed by atoms with E-state index in [1.165, 1.54) is 43.4 Å². The van der Waals surface area contributed by atoms with Crippen LogP contribution in [0.1, 0.15) is 71.8 Å². The molecule has 0 radical (unpaired) electrons. The molecule has 3 heterocycles. The number of imide groups is 1. The highest BCUT2D eigenvalue weighted by Crippen LogP contribution is 2.49. The number of cyclic esters (lactones) is 1. The summed E-state index contributed by atoms with van der Waals surface area (Å²) in [7, 11) is 4.42. The number of carbonyl (C=O) groups excluding carboxylic acids is 6. The number of halogens is 2. The van der Waals surface area contributed by atoms with Gasteiger partial charge in [-0.05, 0) is 75.9 Å². The molecule has 0 saturated carbocycles. The van der Waals surface area contributed by atoms with Gasteiger partial charge in [0.2, 0.25) is 11.8 Å². The van der Waals surface area contributed by atoms with Gasteiger partial charge < -0.3 is 39.0 Å². The monoisotopic (exact) mass is 941 g/mol. The highest BCUT2D eigenvalue weighted by atomic mass is 35.5. The number of methoxy groups -OCH3 is 2. The molecule has 65 heavy (non-hydrogen) atoms. The van der Waals surface area contributed by atoms with Crippen molar-refractivity contribution in [3.63, 3.8) is 0 Å². The maximum Gasteiger partial charge on any atom is 0.412 e. The van der Waals surface area contributed by atoms with Crippen LogP contribution in [0.4, 0.5) is 26.7 Å². The second-order valence-corrected chi connectivity index (χ2v) is 17.4. The van der Waals surface area contributed by atoms with Gasteiger partial charge in [-0.3, -0.25) is 34.7 Å². The van der Waals surface area contributed by atoms with E-state index in [9.17, 15) is 33.9 Å². The fourth-order valence-corrected chi connectivity index (χ4v) is 8.44. The predicted octanol–water partition coefficient (Wildman–Crippen LogP) is 7.09. The smallest absolute Gasteiger partial charge is 0.412 e. The minimum absolute atomic E-state index is 0.0467. The number of ether oxygens (including phenoxy) is 5. The Hall–Kier alpha value is -5.46. The summed E-state index contributed by atoms with van der Waals surface area (Å²) >= 11 is 13.3. The molecule has 2 fully saturated rings. The Morgan fingerprint density at radius 2 is 1.78 bits per heavy atom. The number of nitrogens with zero attached hydrogens (tertiary/aromatic N) is 2. The first-order chi connectivity index (χ1) is 30.7. The molecule has 0 spiro atoms. The van der Waals surface area contributed by atoms with E-state index in [-0.39, 0.29) is 59.3 Å². The van der Waals surface area contributed by atoms with Crippen LogP contribution in [-0.4, -0.2) is 109 Å². The standard InChI is InChI=1S/C46H57Cl2N5O12/c1-9-13-26(2)20-29-21-33(41(48)34(22-29)62-8)52(6)40(57)24-36(45(5)42(65-45)27(3)35-25-46(60,28(4)61-7)51-44(59)63-35)64-43(58)50-32-16-15-30(23-31(32)47)49-37(54)14-11-10-12-19-53-38(55)17-18-39(53)56/h9,13,15-18,21-23,27-28,35-36,42,60H,1,10-12,14,19-20,24-25H2,2-8H3,(H,49,54)(H,50,58)(H,51,59)/b26-13+/t27-,28-,35+,36+,42+,45+,46+/m1/s1. The van der Waals surface area contributed by atoms with Crippen molar-refractivity contribution in [3.8, 4) is 5.75 Å². The number of aliphatic hydroxyl groups is 1. The Labute approximate surface area is 388 Å². The van der Waals surface area contributed by atoms with Gasteiger partial charge in [-0.15, -0.1) is 0 Å². The summed E-state index contributed by atoms with van der Waals surface area (Å²) < 4.78 is 28.7. The summed E-state index contributed by atoms with van der Waals surface area (Å²) in [4.78, 5) is 79.3. The number of allylic oxidation sites excluding steroid dienone is 3. The predicted molar refractivity (Wildman–Crippen MR) is 244 cm³/mol. The van der Waals surface area contributed by atoms with Gasteiger partial charge >= 0.3 is 12.2 Å². The van der Waals surface area contributed by atoms with Gasteiger partial charge in [-0.25, -0.2) is 9.59 Å². The lowest BCUT2D eigenvalue weighted by atomic mass is 9.84. The first-order valence-corrected chi connectivity index (χ1v) is 21.9. The third-order valence-electron chi connectivity index (χ3n) is 11.9. The number of hydrogen-bond acceptors (Lipinski definition) is 12. The number of rotatable bonds is 21. The fraction of sp³-hybridized carbons (Fsp3) is 0.478. The molecule has 0 unspecified atom stereocenters. The molecule has 7 atom stereocenters. The van der Waals surface area contributed by atoms with E-state index in [2.05, 4.69) is 22.5 Å². The zero-order valence-corrected chi connectivity index (χ0v) is 39.0. The normalized spacial score (nSPS) is 22.9. The molecule has 2 aromatic rings. The van der Waals surface area contributed by atoms with Gasteiger partial charge in [-0.1, -0.05) is 60.9 Å². The molecule has 2 saturated heterocycles. The number of hydrogen-bond donors (Lipinski definition) is 4. The van der Waals surface area contributed by atoms with Gasteiger partial charge in [0.15, 0.2) is 5.72 Å². The SMILES string of the molecule is C=C/C=C(\C)Cc1cc(OC)c(Cl)c(N(C)C(=O)C[C@H](OC(=O)Nc2ccc(NC(=O)CCCCCN3C(=O)C=CC3=O)cc2Cl)[C@]2(C)O[C@H]2[C@H](C)[C@@H]2C[C@](O)([C@@H](C)OC)NC(=O)O2)c1. The molecule has 0 bridgehead atoms. The van der Waals surface area contributed by atoms with Crippen LogP contribution in [0.2, 0.25) is 10.0 Å². The molecule has 5 rings (SSSR count). The van der Waals surface area contributed by atoms with E-state index >= 15 is 0 Å². The van der Waals surface area contributed by atoms with Crippen molar-refractivity contribution in [2.45, 2.75) is 108 Å². The number of alkyl carbamates (subject to hydrolysis) is 1. The molecule has 3 aliphatic heterocycles. The molecule has 2 aromatic carbocycles. The van der Waals surface area contributed by atoms with Crippen molar-refractivity contribution in [2.75, 3.05) is 43.3 Å². The van der Waals surface area contributed by atoms with Gasteiger partial charge in [0.25, 0.3) is 11.8 Å². The molecular formula is C46H57Cl2N5O12. The summed E-state index contributed by atoms with van der Waals surface area (Å²) in [6, 6.07) is 8.04. The minimum Gasteiger partial charge on any atom is -0.495 e. The molecule has 17 nitrogen and oxygen atoms in total. The first-order valence-electron chi connectivity index (χ1n) is 21.2. The second-order valence-electron chi connectivity index (χ2n) is 16.6. The molecule has 0 aliphatic carbocycles. The largest absolute Gasteiger partial charge is 0.495 e. The van der Waals surface area contributed by atoms with Crippen molar-refractivity contribution in [1.29, 1.82) is 0 Å². The number of nitrogens with one attached hydrogen (secondary N) is 3. The van der Waals surface area contributed by atoms with Gasteiger partial charge in [0.1, 0.15) is 34.7 Å². The Morgan fingerprint density at radius 1 is 1.08 bits per heavy atom.